The zero-order chi connectivity index (χ0) is 20.3. The fraction of sp³-hybridized carbons (Fsp3) is 0.667. The summed E-state index contributed by atoms with van der Waals surface area (Å²) in [6.07, 6.45) is -0.410. The lowest BCUT2D eigenvalue weighted by atomic mass is 10.2. The van der Waals surface area contributed by atoms with Crippen molar-refractivity contribution in [3.8, 4) is 0 Å². The quantitative estimate of drug-likeness (QED) is 0.0995. The summed E-state index contributed by atoms with van der Waals surface area (Å²) in [5.74, 6) is -3.06. The number of aliphatic carboxylic acids is 2. The molecular formula is C12H25N5O8. The largest absolute Gasteiger partial charge is 0.481 e. The highest BCUT2D eigenvalue weighted by Gasteiger charge is 2.09. The lowest BCUT2D eigenvalue weighted by Crippen LogP contribution is -2.45. The molecule has 0 rings (SSSR count). The predicted octanol–water partition coefficient (Wildman–Crippen LogP) is -3.70. The van der Waals surface area contributed by atoms with Gasteiger partial charge in [-0.2, -0.15) is 9.59 Å². The molecule has 0 spiro atoms. The minimum Gasteiger partial charge on any atom is -0.481 e. The second kappa shape index (κ2) is 19.8. The first-order valence-corrected chi connectivity index (χ1v) is 6.97. The van der Waals surface area contributed by atoms with Gasteiger partial charge in [0.1, 0.15) is 6.29 Å². The van der Waals surface area contributed by atoms with E-state index in [2.05, 4.69) is 10.6 Å². The van der Waals surface area contributed by atoms with Crippen LogP contribution in [0, 0.1) is 0 Å². The van der Waals surface area contributed by atoms with Gasteiger partial charge in [0.15, 0.2) is 6.35 Å². The van der Waals surface area contributed by atoms with Crippen LogP contribution in [0.25, 0.3) is 0 Å². The fourth-order valence-electron chi connectivity index (χ4n) is 1.11. The summed E-state index contributed by atoms with van der Waals surface area (Å²) in [4.78, 5) is 46.7. The van der Waals surface area contributed by atoms with E-state index in [9.17, 15) is 14.4 Å². The Morgan fingerprint density at radius 2 is 1.36 bits per heavy atom. The summed E-state index contributed by atoms with van der Waals surface area (Å²) in [5, 5.41) is 29.9. The van der Waals surface area contributed by atoms with Gasteiger partial charge in [-0.25, -0.2) is 4.79 Å². The monoisotopic (exact) mass is 367 g/mol. The van der Waals surface area contributed by atoms with Crippen LogP contribution in [-0.2, 0) is 24.0 Å². The Morgan fingerprint density at radius 3 is 1.72 bits per heavy atom. The third kappa shape index (κ3) is 34.2. The van der Waals surface area contributed by atoms with Crippen LogP contribution < -0.4 is 27.8 Å². The molecule has 0 saturated carbocycles. The summed E-state index contributed by atoms with van der Waals surface area (Å²) in [6, 6.07) is 0. The number of carboxylic acid groups (broad SMARTS) is 2. The van der Waals surface area contributed by atoms with Gasteiger partial charge in [-0.3, -0.25) is 26.0 Å². The van der Waals surface area contributed by atoms with E-state index < -0.39 is 30.4 Å². The topological polar surface area (TPSA) is 248 Å². The van der Waals surface area contributed by atoms with Crippen molar-refractivity contribution in [1.82, 2.24) is 10.6 Å². The van der Waals surface area contributed by atoms with Gasteiger partial charge in [0.25, 0.3) is 0 Å². The van der Waals surface area contributed by atoms with Gasteiger partial charge in [-0.1, -0.05) is 0 Å². The van der Waals surface area contributed by atoms with Crippen LogP contribution in [0.3, 0.4) is 0 Å². The molecule has 13 nitrogen and oxygen atoms in total. The van der Waals surface area contributed by atoms with E-state index >= 15 is 0 Å². The molecule has 1 atom stereocenters. The number of Topliss-reactive ketones (excluding diaryl/α,β-unsaturated/α-hetero) is 1. The molecular weight excluding hydrogens is 342 g/mol. The molecule has 0 heterocycles. The number of carbonyl (C=O) groups excluding carboxylic acids is 3. The molecule has 13 heteroatoms. The van der Waals surface area contributed by atoms with Gasteiger partial charge in [0.2, 0.25) is 5.78 Å². The lowest BCUT2D eigenvalue weighted by Gasteiger charge is -2.05. The molecule has 0 saturated heterocycles. The lowest BCUT2D eigenvalue weighted by molar-refractivity contribution is -0.191. The average Bonchev–Trinajstić information content (AvgIpc) is 2.48. The minimum absolute atomic E-state index is 0.0466. The van der Waals surface area contributed by atoms with Crippen LogP contribution in [0.5, 0.6) is 0 Å². The van der Waals surface area contributed by atoms with E-state index in [1.54, 1.807) is 0 Å². The Hall–Kier alpha value is -2.25. The Bertz CT molecular complexity index is 410. The van der Waals surface area contributed by atoms with E-state index in [1.165, 1.54) is 0 Å². The predicted molar refractivity (Wildman–Crippen MR) is 82.1 cm³/mol. The first-order chi connectivity index (χ1) is 11.6. The zero-order valence-electron chi connectivity index (χ0n) is 13.5. The maximum Gasteiger partial charge on any atom is 0.373 e. The van der Waals surface area contributed by atoms with E-state index in [0.717, 1.165) is 0 Å². The molecule has 0 amide bonds. The molecule has 0 aromatic carbocycles. The molecule has 25 heavy (non-hydrogen) atoms. The second-order valence-electron chi connectivity index (χ2n) is 4.29. The van der Waals surface area contributed by atoms with E-state index in [0.29, 0.717) is 25.9 Å². The molecule has 0 aliphatic carbocycles. The highest BCUT2D eigenvalue weighted by atomic mass is 16.4. The van der Waals surface area contributed by atoms with Crippen LogP contribution >= 0.6 is 0 Å². The molecule has 1 unspecified atom stereocenters. The second-order valence-corrected chi connectivity index (χ2v) is 4.29. The van der Waals surface area contributed by atoms with Crippen LogP contribution in [0.2, 0.25) is 0 Å². The van der Waals surface area contributed by atoms with Gasteiger partial charge < -0.3 is 26.8 Å². The Balaban J connectivity index is -0.000000338. The van der Waals surface area contributed by atoms with E-state index in [1.807, 2.05) is 0 Å². The molecule has 0 radical (unpaired) electrons. The maximum atomic E-state index is 10.5. The Morgan fingerprint density at radius 1 is 0.920 bits per heavy atom. The highest BCUT2D eigenvalue weighted by molar-refractivity contribution is 6.32. The number of aliphatic hydroxyl groups is 1. The number of carbonyl (C=O) groups is 3. The van der Waals surface area contributed by atoms with Gasteiger partial charge in [0.05, 0.1) is 0 Å². The number of nitrogens with two attached hydrogens (primary N) is 3. The van der Waals surface area contributed by atoms with Gasteiger partial charge in [0, 0.05) is 12.8 Å². The van der Waals surface area contributed by atoms with Crippen molar-refractivity contribution in [1.29, 1.82) is 0 Å². The molecule has 0 aliphatic heterocycles. The molecule has 0 aromatic heterocycles. The maximum absolute atomic E-state index is 10.5. The van der Waals surface area contributed by atoms with E-state index in [-0.39, 0.29) is 19.0 Å². The van der Waals surface area contributed by atoms with Crippen LogP contribution in [0.4, 0.5) is 0 Å². The van der Waals surface area contributed by atoms with Crippen molar-refractivity contribution in [2.24, 2.45) is 17.2 Å². The summed E-state index contributed by atoms with van der Waals surface area (Å²) in [5.41, 5.74) is 15.2. The number of rotatable bonds is 11. The Labute approximate surface area is 143 Å². The number of hydrogen-bond acceptors (Lipinski definition) is 11. The summed E-state index contributed by atoms with van der Waals surface area (Å²) in [6.45, 7) is 0.862. The molecule has 11 N–H and O–H groups in total. The van der Waals surface area contributed by atoms with Crippen molar-refractivity contribution < 1.29 is 39.3 Å². The summed E-state index contributed by atoms with van der Waals surface area (Å²) < 4.78 is 0. The normalized spacial score (nSPS) is 10.4. The summed E-state index contributed by atoms with van der Waals surface area (Å²) in [7, 11) is 0. The smallest absolute Gasteiger partial charge is 0.373 e. The van der Waals surface area contributed by atoms with Crippen molar-refractivity contribution >= 4 is 23.9 Å². The molecule has 146 valence electrons. The van der Waals surface area contributed by atoms with Gasteiger partial charge >= 0.3 is 18.1 Å². The third-order valence-electron chi connectivity index (χ3n) is 2.12. The first kappa shape index (κ1) is 27.6. The van der Waals surface area contributed by atoms with Gasteiger partial charge in [-0.15, -0.1) is 0 Å². The third-order valence-corrected chi connectivity index (χ3v) is 2.12. The number of hydrogen-bond donors (Lipinski definition) is 8. The van der Waals surface area contributed by atoms with Crippen LogP contribution in [-0.4, -0.2) is 64.9 Å². The van der Waals surface area contributed by atoms with Crippen molar-refractivity contribution in [2.75, 3.05) is 13.1 Å². The minimum atomic E-state index is -1.43. The number of nitrogens with one attached hydrogen (secondary N) is 2. The zero-order valence-corrected chi connectivity index (χ0v) is 13.5. The molecule has 0 aliphatic rings. The van der Waals surface area contributed by atoms with Crippen molar-refractivity contribution in [2.45, 2.75) is 38.3 Å². The van der Waals surface area contributed by atoms with Crippen LogP contribution in [0.15, 0.2) is 0 Å². The van der Waals surface area contributed by atoms with Crippen molar-refractivity contribution in [3.05, 3.63) is 0 Å². The first-order valence-electron chi connectivity index (χ1n) is 6.97. The highest BCUT2D eigenvalue weighted by Crippen LogP contribution is 1.89. The number of carboxylic acids is 2. The fourth-order valence-corrected chi connectivity index (χ4v) is 1.11. The molecule has 0 bridgehead atoms. The molecule has 0 aromatic rings. The summed E-state index contributed by atoms with van der Waals surface area (Å²) >= 11 is 0. The Kier molecular flexibility index (Phi) is 21.8. The average molecular weight is 367 g/mol. The standard InChI is InChI=1S/C6H12N2O4.C5H13N3O2.CO2/c7-6(12)8-3-1-2-4(9)5(10)11;6-5(7)8-3-1-2-4(9)10;2-1-3/h6,8,12H,1-3,7H2,(H,10,11);5,8H,1-3,6-7H2,(H,9,10);. The van der Waals surface area contributed by atoms with Crippen molar-refractivity contribution in [3.63, 3.8) is 0 Å². The molecule has 0 fully saturated rings. The van der Waals surface area contributed by atoms with Gasteiger partial charge in [-0.05, 0) is 25.9 Å². The van der Waals surface area contributed by atoms with Crippen LogP contribution in [0.1, 0.15) is 25.7 Å². The SMILES string of the molecule is NC(N)NCCCC(=O)O.NC(O)NCCCC(=O)C(=O)O.O=C=O. The van der Waals surface area contributed by atoms with E-state index in [4.69, 9.17) is 42.1 Å². The number of aliphatic hydroxyl groups excluding tert-OH is 1. The number of ketones is 1.